The van der Waals surface area contributed by atoms with Crippen molar-refractivity contribution in [2.24, 2.45) is 0 Å². The van der Waals surface area contributed by atoms with Gasteiger partial charge in [-0.2, -0.15) is 11.8 Å². The number of benzene rings is 2. The number of imidazole rings is 1. The van der Waals surface area contributed by atoms with Crippen LogP contribution in [0.4, 0.5) is 10.7 Å². The molecule has 1 aromatic heterocycles. The fourth-order valence-corrected chi connectivity index (χ4v) is 4.18. The molecular weight excluding hydrogens is 386 g/mol. The number of thioether (sulfide) groups is 1. The van der Waals surface area contributed by atoms with E-state index in [-0.39, 0.29) is 11.9 Å². The van der Waals surface area contributed by atoms with Crippen LogP contribution in [0.15, 0.2) is 54.6 Å². The van der Waals surface area contributed by atoms with Gasteiger partial charge in [0.1, 0.15) is 6.04 Å². The van der Waals surface area contributed by atoms with Gasteiger partial charge in [0.05, 0.1) is 11.0 Å². The number of nitrogens with one attached hydrogen (secondary N) is 3. The third-order valence-corrected chi connectivity index (χ3v) is 5.77. The van der Waals surface area contributed by atoms with Crippen molar-refractivity contribution in [3.63, 3.8) is 0 Å². The maximum atomic E-state index is 13.0. The third-order valence-electron chi connectivity index (χ3n) is 4.83. The topological polar surface area (TPSA) is 90.1 Å². The van der Waals surface area contributed by atoms with Gasteiger partial charge in [0, 0.05) is 31.0 Å². The van der Waals surface area contributed by atoms with Gasteiger partial charge in [-0.1, -0.05) is 42.5 Å². The minimum absolute atomic E-state index is 0.203. The summed E-state index contributed by atoms with van der Waals surface area (Å²) in [7, 11) is 0. The van der Waals surface area contributed by atoms with E-state index in [9.17, 15) is 9.59 Å². The minimum Gasteiger partial charge on any atom is -0.326 e. The predicted octanol–water partition coefficient (Wildman–Crippen LogP) is 2.87. The summed E-state index contributed by atoms with van der Waals surface area (Å²) in [5.41, 5.74) is 2.60. The Hall–Kier alpha value is -3.00. The van der Waals surface area contributed by atoms with Gasteiger partial charge in [-0.25, -0.2) is 9.78 Å². The first-order chi connectivity index (χ1) is 14.2. The molecule has 29 heavy (non-hydrogen) atoms. The van der Waals surface area contributed by atoms with E-state index >= 15 is 0 Å². The molecule has 2 aromatic carbocycles. The number of rotatable bonds is 5. The standard InChI is InChI=1S/C21H23N5O2S/c27-19(25-20-22-16-8-4-5-9-17(16)23-20)18(14-15-6-2-1-3-7-15)24-21(28)26-10-12-29-13-11-26/h1-9,18H,10-14H2,(H,24,28)(H2,22,23,25,27)/t18-/m1/s1. The van der Waals surface area contributed by atoms with Crippen molar-refractivity contribution >= 4 is 40.7 Å². The van der Waals surface area contributed by atoms with Gasteiger partial charge in [0.25, 0.3) is 0 Å². The maximum absolute atomic E-state index is 13.0. The highest BCUT2D eigenvalue weighted by Crippen LogP contribution is 2.15. The second kappa shape index (κ2) is 9.00. The van der Waals surface area contributed by atoms with Crippen LogP contribution in [0.25, 0.3) is 11.0 Å². The fourth-order valence-electron chi connectivity index (χ4n) is 3.28. The van der Waals surface area contributed by atoms with Crippen LogP contribution >= 0.6 is 11.8 Å². The third kappa shape index (κ3) is 4.89. The summed E-state index contributed by atoms with van der Waals surface area (Å²) in [5.74, 6) is 1.91. The Morgan fingerprint density at radius 1 is 1.07 bits per heavy atom. The van der Waals surface area contributed by atoms with Crippen molar-refractivity contribution < 1.29 is 9.59 Å². The summed E-state index contributed by atoms with van der Waals surface area (Å²) >= 11 is 1.83. The largest absolute Gasteiger partial charge is 0.326 e. The molecule has 0 bridgehead atoms. The lowest BCUT2D eigenvalue weighted by atomic mass is 10.1. The SMILES string of the molecule is O=C(Nc1nc2ccccc2[nH]1)[C@@H](Cc1ccccc1)NC(=O)N1CCSCC1. The van der Waals surface area contributed by atoms with Crippen LogP contribution in [0.5, 0.6) is 0 Å². The highest BCUT2D eigenvalue weighted by molar-refractivity contribution is 7.99. The van der Waals surface area contributed by atoms with Crippen LogP contribution in [0.1, 0.15) is 5.56 Å². The molecule has 1 aliphatic heterocycles. The van der Waals surface area contributed by atoms with Gasteiger partial charge in [-0.3, -0.25) is 10.1 Å². The zero-order chi connectivity index (χ0) is 20.1. The fraction of sp³-hybridized carbons (Fsp3) is 0.286. The molecule has 0 radical (unpaired) electrons. The van der Waals surface area contributed by atoms with Gasteiger partial charge in [0.2, 0.25) is 11.9 Å². The number of urea groups is 1. The number of amides is 3. The molecule has 7 nitrogen and oxygen atoms in total. The average molecular weight is 410 g/mol. The van der Waals surface area contributed by atoms with Crippen molar-refractivity contribution in [2.75, 3.05) is 29.9 Å². The number of anilines is 1. The number of aromatic amines is 1. The maximum Gasteiger partial charge on any atom is 0.318 e. The summed E-state index contributed by atoms with van der Waals surface area (Å²) in [6.07, 6.45) is 0.404. The van der Waals surface area contributed by atoms with E-state index in [2.05, 4.69) is 20.6 Å². The van der Waals surface area contributed by atoms with E-state index in [1.807, 2.05) is 66.4 Å². The second-order valence-electron chi connectivity index (χ2n) is 6.88. The first-order valence-corrected chi connectivity index (χ1v) is 10.8. The number of hydrogen-bond donors (Lipinski definition) is 3. The van der Waals surface area contributed by atoms with Crippen molar-refractivity contribution in [3.8, 4) is 0 Å². The van der Waals surface area contributed by atoms with Crippen molar-refractivity contribution in [1.29, 1.82) is 0 Å². The molecule has 3 aromatic rings. The predicted molar refractivity (Wildman–Crippen MR) is 116 cm³/mol. The number of hydrogen-bond acceptors (Lipinski definition) is 4. The molecule has 0 spiro atoms. The van der Waals surface area contributed by atoms with Crippen LogP contribution in [-0.4, -0.2) is 57.4 Å². The van der Waals surface area contributed by atoms with Crippen LogP contribution in [0.2, 0.25) is 0 Å². The molecule has 1 saturated heterocycles. The van der Waals surface area contributed by atoms with E-state index < -0.39 is 6.04 Å². The van der Waals surface area contributed by atoms with Crippen molar-refractivity contribution in [3.05, 3.63) is 60.2 Å². The Kier molecular flexibility index (Phi) is 6.00. The molecule has 0 saturated carbocycles. The Labute approximate surface area is 173 Å². The van der Waals surface area contributed by atoms with Gasteiger partial charge in [0.15, 0.2) is 0 Å². The van der Waals surface area contributed by atoms with Crippen LogP contribution in [-0.2, 0) is 11.2 Å². The lowest BCUT2D eigenvalue weighted by molar-refractivity contribution is -0.118. The number of aromatic nitrogens is 2. The molecule has 8 heteroatoms. The zero-order valence-corrected chi connectivity index (χ0v) is 16.7. The van der Waals surface area contributed by atoms with E-state index in [1.165, 1.54) is 0 Å². The molecule has 1 atom stereocenters. The number of nitrogens with zero attached hydrogens (tertiary/aromatic N) is 2. The highest BCUT2D eigenvalue weighted by atomic mass is 32.2. The number of H-pyrrole nitrogens is 1. The van der Waals surface area contributed by atoms with Crippen LogP contribution < -0.4 is 10.6 Å². The minimum atomic E-state index is -0.701. The van der Waals surface area contributed by atoms with E-state index in [0.29, 0.717) is 25.5 Å². The Morgan fingerprint density at radius 3 is 2.55 bits per heavy atom. The second-order valence-corrected chi connectivity index (χ2v) is 8.11. The zero-order valence-electron chi connectivity index (χ0n) is 15.9. The first kappa shape index (κ1) is 19.3. The number of fused-ring (bicyclic) bond motifs is 1. The van der Waals surface area contributed by atoms with E-state index in [1.54, 1.807) is 4.90 Å². The molecule has 1 aliphatic rings. The smallest absolute Gasteiger partial charge is 0.318 e. The van der Waals surface area contributed by atoms with Crippen LogP contribution in [0.3, 0.4) is 0 Å². The van der Waals surface area contributed by atoms with Crippen LogP contribution in [0, 0.1) is 0 Å². The quantitative estimate of drug-likeness (QED) is 0.604. The monoisotopic (exact) mass is 409 g/mol. The molecule has 3 amide bonds. The van der Waals surface area contributed by atoms with E-state index in [4.69, 9.17) is 0 Å². The van der Waals surface area contributed by atoms with Gasteiger partial charge < -0.3 is 15.2 Å². The molecule has 4 rings (SSSR count). The molecule has 0 aliphatic carbocycles. The van der Waals surface area contributed by atoms with Crippen molar-refractivity contribution in [2.45, 2.75) is 12.5 Å². The lowest BCUT2D eigenvalue weighted by Gasteiger charge is -2.28. The van der Waals surface area contributed by atoms with Gasteiger partial charge >= 0.3 is 6.03 Å². The Morgan fingerprint density at radius 2 is 1.79 bits per heavy atom. The normalized spacial score (nSPS) is 15.1. The molecule has 2 heterocycles. The Balaban J connectivity index is 1.49. The van der Waals surface area contributed by atoms with Gasteiger partial charge in [-0.05, 0) is 17.7 Å². The number of para-hydroxylation sites is 2. The molecule has 150 valence electrons. The summed E-state index contributed by atoms with van der Waals surface area (Å²) < 4.78 is 0. The van der Waals surface area contributed by atoms with E-state index in [0.717, 1.165) is 28.1 Å². The molecule has 0 unspecified atom stereocenters. The summed E-state index contributed by atoms with van der Waals surface area (Å²) in [6.45, 7) is 1.39. The summed E-state index contributed by atoms with van der Waals surface area (Å²) in [5, 5.41) is 5.73. The van der Waals surface area contributed by atoms with Gasteiger partial charge in [-0.15, -0.1) is 0 Å². The molecule has 3 N–H and O–H groups in total. The summed E-state index contributed by atoms with van der Waals surface area (Å²) in [6, 6.07) is 16.3. The Bertz CT molecular complexity index is 952. The average Bonchev–Trinajstić information content (AvgIpc) is 3.17. The summed E-state index contributed by atoms with van der Waals surface area (Å²) in [4.78, 5) is 35.0. The first-order valence-electron chi connectivity index (χ1n) is 9.62. The molecular formula is C21H23N5O2S. The number of carbonyl (C=O) groups is 2. The molecule has 1 fully saturated rings. The lowest BCUT2D eigenvalue weighted by Crippen LogP contribution is -2.52. The highest BCUT2D eigenvalue weighted by Gasteiger charge is 2.25. The van der Waals surface area contributed by atoms with Crippen molar-refractivity contribution in [1.82, 2.24) is 20.2 Å². The number of carbonyl (C=O) groups excluding carboxylic acids is 2.